The lowest BCUT2D eigenvalue weighted by Crippen LogP contribution is -2.21. The maximum atomic E-state index is 12.0. The van der Waals surface area contributed by atoms with Crippen LogP contribution < -0.4 is 5.32 Å². The number of nitrogens with zero attached hydrogens (tertiary/aromatic N) is 1. The fourth-order valence-electron chi connectivity index (χ4n) is 1.87. The van der Waals surface area contributed by atoms with E-state index in [1.165, 1.54) is 4.88 Å². The Bertz CT molecular complexity index is 596. The first kappa shape index (κ1) is 14.9. The van der Waals surface area contributed by atoms with Crippen LogP contribution in [0.3, 0.4) is 0 Å². The van der Waals surface area contributed by atoms with Crippen molar-refractivity contribution in [2.45, 2.75) is 13.0 Å². The van der Waals surface area contributed by atoms with Crippen LogP contribution in [0.1, 0.15) is 28.2 Å². The normalized spacial score (nSPS) is 12.0. The van der Waals surface area contributed by atoms with Crippen molar-refractivity contribution in [3.8, 4) is 0 Å². The number of carbonyl (C=O) groups is 1. The van der Waals surface area contributed by atoms with E-state index in [2.05, 4.69) is 18.3 Å². The number of rotatable bonds is 4. The molecule has 1 N–H and O–H groups in total. The Labute approximate surface area is 128 Å². The minimum absolute atomic E-state index is 0.0338. The molecule has 3 nitrogen and oxygen atoms in total. The monoisotopic (exact) mass is 308 g/mol. The third-order valence-corrected chi connectivity index (χ3v) is 4.35. The lowest BCUT2D eigenvalue weighted by atomic mass is 10.1. The summed E-state index contributed by atoms with van der Waals surface area (Å²) in [6, 6.07) is 9.54. The van der Waals surface area contributed by atoms with Crippen molar-refractivity contribution in [3.05, 3.63) is 51.2 Å². The highest BCUT2D eigenvalue weighted by molar-refractivity contribution is 7.10. The van der Waals surface area contributed by atoms with Crippen molar-refractivity contribution in [3.63, 3.8) is 0 Å². The van der Waals surface area contributed by atoms with Crippen molar-refractivity contribution >= 4 is 34.5 Å². The summed E-state index contributed by atoms with van der Waals surface area (Å²) in [7, 11) is 3.47. The Morgan fingerprint density at radius 2 is 2.10 bits per heavy atom. The van der Waals surface area contributed by atoms with Crippen LogP contribution in [0.25, 0.3) is 0 Å². The van der Waals surface area contributed by atoms with Gasteiger partial charge < -0.3 is 10.2 Å². The van der Waals surface area contributed by atoms with Crippen LogP contribution >= 0.6 is 22.9 Å². The van der Waals surface area contributed by atoms with Crippen molar-refractivity contribution in [2.24, 2.45) is 0 Å². The van der Waals surface area contributed by atoms with Gasteiger partial charge in [0.15, 0.2) is 0 Å². The molecule has 1 heterocycles. The molecule has 0 bridgehead atoms. The quantitative estimate of drug-likeness (QED) is 0.914. The molecule has 1 amide bonds. The number of carbonyl (C=O) groups excluding carboxylic acids is 1. The minimum Gasteiger partial charge on any atom is -0.376 e. The Morgan fingerprint density at radius 1 is 1.35 bits per heavy atom. The summed E-state index contributed by atoms with van der Waals surface area (Å²) in [5.74, 6) is -0.0338. The van der Waals surface area contributed by atoms with Crippen molar-refractivity contribution in [1.82, 2.24) is 4.90 Å². The van der Waals surface area contributed by atoms with Gasteiger partial charge in [-0.05, 0) is 36.6 Å². The van der Waals surface area contributed by atoms with E-state index >= 15 is 0 Å². The van der Waals surface area contributed by atoms with Crippen LogP contribution in [0.4, 0.5) is 5.69 Å². The maximum Gasteiger partial charge on any atom is 0.253 e. The van der Waals surface area contributed by atoms with Gasteiger partial charge in [0.1, 0.15) is 0 Å². The van der Waals surface area contributed by atoms with Crippen LogP contribution in [-0.2, 0) is 0 Å². The summed E-state index contributed by atoms with van der Waals surface area (Å²) in [6.07, 6.45) is 0. The lowest BCUT2D eigenvalue weighted by Gasteiger charge is -2.17. The van der Waals surface area contributed by atoms with Gasteiger partial charge in [-0.3, -0.25) is 4.79 Å². The Kier molecular flexibility index (Phi) is 4.68. The van der Waals surface area contributed by atoms with Crippen molar-refractivity contribution < 1.29 is 4.79 Å². The van der Waals surface area contributed by atoms with Crippen LogP contribution in [0.2, 0.25) is 5.02 Å². The number of anilines is 1. The van der Waals surface area contributed by atoms with E-state index in [0.717, 1.165) is 5.69 Å². The van der Waals surface area contributed by atoms with Crippen molar-refractivity contribution in [2.75, 3.05) is 19.4 Å². The molecule has 1 unspecified atom stereocenters. The molecule has 20 heavy (non-hydrogen) atoms. The Morgan fingerprint density at radius 3 is 2.70 bits per heavy atom. The number of amides is 1. The molecule has 0 fully saturated rings. The summed E-state index contributed by atoms with van der Waals surface area (Å²) >= 11 is 7.89. The predicted molar refractivity (Wildman–Crippen MR) is 85.8 cm³/mol. The van der Waals surface area contributed by atoms with E-state index < -0.39 is 0 Å². The fraction of sp³-hybridized carbons (Fsp3) is 0.267. The highest BCUT2D eigenvalue weighted by atomic mass is 35.5. The smallest absolute Gasteiger partial charge is 0.253 e. The summed E-state index contributed by atoms with van der Waals surface area (Å²) in [6.45, 7) is 2.07. The zero-order valence-corrected chi connectivity index (χ0v) is 13.3. The second kappa shape index (κ2) is 6.29. The van der Waals surface area contributed by atoms with Crippen LogP contribution in [0.15, 0.2) is 35.7 Å². The zero-order valence-electron chi connectivity index (χ0n) is 11.7. The molecule has 1 aromatic heterocycles. The average molecular weight is 309 g/mol. The van der Waals surface area contributed by atoms with E-state index in [0.29, 0.717) is 10.6 Å². The number of thiophene rings is 1. The molecule has 106 valence electrons. The van der Waals surface area contributed by atoms with Gasteiger partial charge in [-0.1, -0.05) is 17.7 Å². The summed E-state index contributed by atoms with van der Waals surface area (Å²) in [5.41, 5.74) is 1.40. The first-order chi connectivity index (χ1) is 9.49. The third kappa shape index (κ3) is 3.32. The van der Waals surface area contributed by atoms with Gasteiger partial charge in [-0.25, -0.2) is 0 Å². The van der Waals surface area contributed by atoms with Gasteiger partial charge in [-0.15, -0.1) is 11.3 Å². The molecule has 0 saturated heterocycles. The first-order valence-corrected chi connectivity index (χ1v) is 7.56. The number of benzene rings is 1. The highest BCUT2D eigenvalue weighted by Crippen LogP contribution is 2.29. The van der Waals surface area contributed by atoms with Crippen LogP contribution in [0.5, 0.6) is 0 Å². The first-order valence-electron chi connectivity index (χ1n) is 6.30. The summed E-state index contributed by atoms with van der Waals surface area (Å²) in [5, 5.41) is 6.01. The van der Waals surface area contributed by atoms with E-state index in [1.807, 2.05) is 11.4 Å². The fourth-order valence-corrected chi connectivity index (χ4v) is 2.78. The second-order valence-electron chi connectivity index (χ2n) is 4.78. The zero-order chi connectivity index (χ0) is 14.7. The van der Waals surface area contributed by atoms with E-state index in [4.69, 9.17) is 11.6 Å². The van der Waals surface area contributed by atoms with Crippen molar-refractivity contribution in [1.29, 1.82) is 0 Å². The molecule has 0 radical (unpaired) electrons. The van der Waals surface area contributed by atoms with E-state index in [1.54, 1.807) is 48.5 Å². The average Bonchev–Trinajstić information content (AvgIpc) is 2.94. The number of hydrogen-bond donors (Lipinski definition) is 1. The van der Waals surface area contributed by atoms with Gasteiger partial charge in [0.05, 0.1) is 16.8 Å². The summed E-state index contributed by atoms with van der Waals surface area (Å²) < 4.78 is 0. The molecule has 0 saturated carbocycles. The molecule has 2 aromatic rings. The van der Waals surface area contributed by atoms with Crippen LogP contribution in [0, 0.1) is 0 Å². The topological polar surface area (TPSA) is 32.3 Å². The predicted octanol–water partition coefficient (Wildman–Crippen LogP) is 4.28. The molecule has 1 atom stereocenters. The van der Waals surface area contributed by atoms with Gasteiger partial charge in [0.2, 0.25) is 0 Å². The second-order valence-corrected chi connectivity index (χ2v) is 6.16. The van der Waals surface area contributed by atoms with E-state index in [9.17, 15) is 4.79 Å². The molecule has 0 aliphatic rings. The molecule has 1 aromatic carbocycles. The van der Waals surface area contributed by atoms with E-state index in [-0.39, 0.29) is 11.9 Å². The molecule has 0 aliphatic carbocycles. The highest BCUT2D eigenvalue weighted by Gasteiger charge is 2.13. The molecule has 5 heteroatoms. The summed E-state index contributed by atoms with van der Waals surface area (Å²) in [4.78, 5) is 14.8. The molecule has 0 spiro atoms. The maximum absolute atomic E-state index is 12.0. The number of hydrogen-bond acceptors (Lipinski definition) is 3. The molecular weight excluding hydrogens is 292 g/mol. The minimum atomic E-state index is -0.0338. The molecule has 0 aliphatic heterocycles. The van der Waals surface area contributed by atoms with Gasteiger partial charge in [-0.2, -0.15) is 0 Å². The lowest BCUT2D eigenvalue weighted by molar-refractivity contribution is 0.0827. The largest absolute Gasteiger partial charge is 0.376 e. The molecular formula is C15H17ClN2OS. The van der Waals surface area contributed by atoms with Gasteiger partial charge >= 0.3 is 0 Å². The SMILES string of the molecule is CC(Nc1cc(C(=O)N(C)C)ccc1Cl)c1cccs1. The third-order valence-electron chi connectivity index (χ3n) is 2.96. The Balaban J connectivity index is 2.23. The standard InChI is InChI=1S/C15H17ClN2OS/c1-10(14-5-4-8-20-14)17-13-9-11(6-7-12(13)16)15(19)18(2)3/h4-10,17H,1-3H3. The molecule has 2 rings (SSSR count). The number of nitrogens with one attached hydrogen (secondary N) is 1. The van der Waals surface area contributed by atoms with Gasteiger partial charge in [0, 0.05) is 24.5 Å². The van der Waals surface area contributed by atoms with Gasteiger partial charge in [0.25, 0.3) is 5.91 Å². The van der Waals surface area contributed by atoms with Crippen LogP contribution in [-0.4, -0.2) is 24.9 Å². The number of halogens is 1. The Hall–Kier alpha value is -1.52.